The van der Waals surface area contributed by atoms with E-state index in [1.165, 1.54) is 0 Å². The normalized spacial score (nSPS) is 18.3. The lowest BCUT2D eigenvalue weighted by Crippen LogP contribution is -2.38. The van der Waals surface area contributed by atoms with Gasteiger partial charge in [-0.3, -0.25) is 14.5 Å². The Hall–Kier alpha value is -3.08. The van der Waals surface area contributed by atoms with E-state index >= 15 is 0 Å². The van der Waals surface area contributed by atoms with Crippen LogP contribution in [-0.2, 0) is 9.59 Å². The quantitative estimate of drug-likeness (QED) is 0.726. The molecule has 30 heavy (non-hydrogen) atoms. The van der Waals surface area contributed by atoms with E-state index in [2.05, 4.69) is 12.2 Å². The standard InChI is InChI=1S/C25H28N2O3/c1-3-4-16-23(29)27-20-13-7-6-11-18(20)26-19-12-9-14-21(28)24(19)25(27)17-10-5-8-15-22(17)30-2/h5-8,10-11,13,15,25-26H,3-4,9,12,14,16H2,1-2H3/t25-/m1/s1. The first-order chi connectivity index (χ1) is 14.7. The van der Waals surface area contributed by atoms with Gasteiger partial charge in [-0.1, -0.05) is 43.7 Å². The molecule has 1 heterocycles. The predicted molar refractivity (Wildman–Crippen MR) is 119 cm³/mol. The zero-order valence-corrected chi connectivity index (χ0v) is 17.6. The van der Waals surface area contributed by atoms with Gasteiger partial charge in [-0.05, 0) is 37.5 Å². The molecule has 2 aromatic carbocycles. The minimum atomic E-state index is -0.510. The van der Waals surface area contributed by atoms with Crippen LogP contribution in [0.25, 0.3) is 0 Å². The Morgan fingerprint density at radius 1 is 1.13 bits per heavy atom. The van der Waals surface area contributed by atoms with Crippen molar-refractivity contribution < 1.29 is 14.3 Å². The molecule has 1 N–H and O–H groups in total. The third-order valence-electron chi connectivity index (χ3n) is 5.88. The van der Waals surface area contributed by atoms with E-state index in [0.717, 1.165) is 48.3 Å². The number of rotatable bonds is 5. The van der Waals surface area contributed by atoms with Crippen molar-refractivity contribution >= 4 is 23.1 Å². The molecule has 2 aliphatic rings. The molecule has 0 radical (unpaired) electrons. The van der Waals surface area contributed by atoms with E-state index in [-0.39, 0.29) is 11.7 Å². The Morgan fingerprint density at radius 2 is 1.90 bits per heavy atom. The summed E-state index contributed by atoms with van der Waals surface area (Å²) in [5.74, 6) is 0.801. The van der Waals surface area contributed by atoms with Crippen molar-refractivity contribution in [2.24, 2.45) is 0 Å². The number of nitrogens with one attached hydrogen (secondary N) is 1. The molecule has 2 aromatic rings. The molecule has 5 heteroatoms. The Kier molecular flexibility index (Phi) is 5.88. The van der Waals surface area contributed by atoms with Crippen molar-refractivity contribution in [1.82, 2.24) is 0 Å². The van der Waals surface area contributed by atoms with Crippen molar-refractivity contribution in [3.8, 4) is 5.75 Å². The first-order valence-electron chi connectivity index (χ1n) is 10.7. The second-order valence-corrected chi connectivity index (χ2v) is 7.82. The molecule has 0 saturated carbocycles. The molecule has 1 aliphatic carbocycles. The summed E-state index contributed by atoms with van der Waals surface area (Å²) in [5.41, 5.74) is 4.11. The molecule has 0 spiro atoms. The number of carbonyl (C=O) groups is 2. The summed E-state index contributed by atoms with van der Waals surface area (Å²) in [6.45, 7) is 2.08. The highest BCUT2D eigenvalue weighted by atomic mass is 16.5. The number of ketones is 1. The summed E-state index contributed by atoms with van der Waals surface area (Å²) in [4.78, 5) is 28.6. The van der Waals surface area contributed by atoms with Crippen LogP contribution in [0.2, 0.25) is 0 Å². The Labute approximate surface area is 177 Å². The minimum Gasteiger partial charge on any atom is -0.496 e. The molecule has 5 nitrogen and oxygen atoms in total. The van der Waals surface area contributed by atoms with Gasteiger partial charge in [0, 0.05) is 29.7 Å². The Morgan fingerprint density at radius 3 is 2.70 bits per heavy atom. The number of anilines is 2. The highest BCUT2D eigenvalue weighted by Crippen LogP contribution is 2.46. The van der Waals surface area contributed by atoms with E-state index in [1.54, 1.807) is 7.11 Å². The number of allylic oxidation sites excluding steroid dienone is 1. The van der Waals surface area contributed by atoms with E-state index in [9.17, 15) is 9.59 Å². The molecule has 0 unspecified atom stereocenters. The third-order valence-corrected chi connectivity index (χ3v) is 5.88. The van der Waals surface area contributed by atoms with E-state index in [4.69, 9.17) is 4.74 Å². The van der Waals surface area contributed by atoms with Gasteiger partial charge >= 0.3 is 0 Å². The number of fused-ring (bicyclic) bond motifs is 1. The first-order valence-corrected chi connectivity index (χ1v) is 10.7. The molecule has 0 fully saturated rings. The van der Waals surface area contributed by atoms with Crippen molar-refractivity contribution in [3.05, 3.63) is 65.4 Å². The third kappa shape index (κ3) is 3.60. The number of methoxy groups -OCH3 is 1. The van der Waals surface area contributed by atoms with Crippen LogP contribution >= 0.6 is 0 Å². The van der Waals surface area contributed by atoms with Crippen LogP contribution in [0.4, 0.5) is 11.4 Å². The average molecular weight is 405 g/mol. The second kappa shape index (κ2) is 8.74. The zero-order valence-electron chi connectivity index (χ0n) is 17.6. The molecule has 4 rings (SSSR count). The Bertz CT molecular complexity index is 995. The zero-order chi connectivity index (χ0) is 21.1. The van der Waals surface area contributed by atoms with E-state index in [0.29, 0.717) is 24.2 Å². The number of ether oxygens (including phenoxy) is 1. The molecular formula is C25H28N2O3. The average Bonchev–Trinajstić information content (AvgIpc) is 2.92. The summed E-state index contributed by atoms with van der Waals surface area (Å²) >= 11 is 0. The van der Waals surface area contributed by atoms with Gasteiger partial charge in [-0.25, -0.2) is 0 Å². The molecule has 0 aromatic heterocycles. The van der Waals surface area contributed by atoms with Gasteiger partial charge in [0.25, 0.3) is 0 Å². The largest absolute Gasteiger partial charge is 0.496 e. The topological polar surface area (TPSA) is 58.6 Å². The molecule has 0 bridgehead atoms. The maximum atomic E-state index is 13.6. The predicted octanol–water partition coefficient (Wildman–Crippen LogP) is 5.39. The number of amides is 1. The number of nitrogens with zero attached hydrogens (tertiary/aromatic N) is 1. The monoisotopic (exact) mass is 404 g/mol. The van der Waals surface area contributed by atoms with Gasteiger partial charge in [0.15, 0.2) is 5.78 Å². The lowest BCUT2D eigenvalue weighted by Gasteiger charge is -2.34. The van der Waals surface area contributed by atoms with Crippen LogP contribution in [-0.4, -0.2) is 18.8 Å². The fourth-order valence-corrected chi connectivity index (χ4v) is 4.44. The molecule has 1 aliphatic heterocycles. The summed E-state index contributed by atoms with van der Waals surface area (Å²) in [6.07, 6.45) is 4.29. The van der Waals surface area contributed by atoms with Crippen molar-refractivity contribution in [1.29, 1.82) is 0 Å². The summed E-state index contributed by atoms with van der Waals surface area (Å²) in [5, 5.41) is 3.49. The lowest BCUT2D eigenvalue weighted by atomic mass is 9.85. The van der Waals surface area contributed by atoms with Crippen LogP contribution in [0.1, 0.15) is 57.1 Å². The number of hydrogen-bond donors (Lipinski definition) is 1. The number of benzene rings is 2. The fraction of sp³-hybridized carbons (Fsp3) is 0.360. The number of Topliss-reactive ketones (excluding diaryl/α,β-unsaturated/α-hetero) is 1. The highest BCUT2D eigenvalue weighted by molar-refractivity contribution is 6.06. The van der Waals surface area contributed by atoms with Crippen LogP contribution < -0.4 is 15.0 Å². The van der Waals surface area contributed by atoms with Gasteiger partial charge < -0.3 is 10.1 Å². The molecular weight excluding hydrogens is 376 g/mol. The van der Waals surface area contributed by atoms with Gasteiger partial charge in [0.05, 0.1) is 24.5 Å². The summed E-state index contributed by atoms with van der Waals surface area (Å²) in [7, 11) is 1.63. The number of para-hydroxylation sites is 3. The first kappa shape index (κ1) is 20.2. The van der Waals surface area contributed by atoms with Crippen molar-refractivity contribution in [2.45, 2.75) is 51.5 Å². The van der Waals surface area contributed by atoms with E-state index in [1.807, 2.05) is 53.4 Å². The van der Waals surface area contributed by atoms with Crippen LogP contribution in [0, 0.1) is 0 Å². The highest BCUT2D eigenvalue weighted by Gasteiger charge is 2.40. The number of hydrogen-bond acceptors (Lipinski definition) is 4. The van der Waals surface area contributed by atoms with Crippen LogP contribution in [0.3, 0.4) is 0 Å². The summed E-state index contributed by atoms with van der Waals surface area (Å²) < 4.78 is 5.66. The van der Waals surface area contributed by atoms with Gasteiger partial charge in [-0.2, -0.15) is 0 Å². The smallest absolute Gasteiger partial charge is 0.227 e. The van der Waals surface area contributed by atoms with Crippen molar-refractivity contribution in [2.75, 3.05) is 17.3 Å². The number of carbonyl (C=O) groups excluding carboxylic acids is 2. The maximum absolute atomic E-state index is 13.6. The molecule has 156 valence electrons. The number of unbranched alkanes of at least 4 members (excludes halogenated alkanes) is 1. The van der Waals surface area contributed by atoms with Gasteiger partial charge in [0.1, 0.15) is 5.75 Å². The van der Waals surface area contributed by atoms with Crippen LogP contribution in [0.15, 0.2) is 59.8 Å². The van der Waals surface area contributed by atoms with E-state index < -0.39 is 6.04 Å². The van der Waals surface area contributed by atoms with Crippen molar-refractivity contribution in [3.63, 3.8) is 0 Å². The lowest BCUT2D eigenvalue weighted by molar-refractivity contribution is -0.119. The van der Waals surface area contributed by atoms with Gasteiger partial charge in [0.2, 0.25) is 5.91 Å². The SMILES string of the molecule is CCCCC(=O)N1c2ccccc2NC2=C(C(=O)CCC2)[C@H]1c1ccccc1OC. The second-order valence-electron chi connectivity index (χ2n) is 7.82. The van der Waals surface area contributed by atoms with Crippen LogP contribution in [0.5, 0.6) is 5.75 Å². The summed E-state index contributed by atoms with van der Waals surface area (Å²) in [6, 6.07) is 15.0. The minimum absolute atomic E-state index is 0.0223. The molecule has 1 atom stereocenters. The molecule has 1 amide bonds. The Balaban J connectivity index is 1.98. The fourth-order valence-electron chi connectivity index (χ4n) is 4.44. The van der Waals surface area contributed by atoms with Gasteiger partial charge in [-0.15, -0.1) is 0 Å². The maximum Gasteiger partial charge on any atom is 0.227 e. The molecule has 0 saturated heterocycles.